The van der Waals surface area contributed by atoms with Crippen LogP contribution in [-0.2, 0) is 33.3 Å². The molecule has 1 saturated heterocycles. The van der Waals surface area contributed by atoms with Crippen molar-refractivity contribution in [1.29, 1.82) is 0 Å². The number of rotatable bonds is 5. The summed E-state index contributed by atoms with van der Waals surface area (Å²) in [6, 6.07) is 5.90. The lowest BCUT2D eigenvalue weighted by atomic mass is 10.0. The van der Waals surface area contributed by atoms with Gasteiger partial charge in [0, 0.05) is 25.0 Å². The first-order valence-corrected chi connectivity index (χ1v) is 13.2. The smallest absolute Gasteiger partial charge is 0.347 e. The fourth-order valence-corrected chi connectivity index (χ4v) is 5.54. The minimum absolute atomic E-state index is 0.104. The summed E-state index contributed by atoms with van der Waals surface area (Å²) in [6.07, 6.45) is -6.87. The van der Waals surface area contributed by atoms with Gasteiger partial charge in [0.15, 0.2) is 5.17 Å². The molecule has 222 valence electrons. The standard InChI is InChI=1S/C26H22F6N6O3S/c1-41-36-22(39)19-13-37(7-6-33-19)24-35-23(40)21(42-24)9-14-2-5-20-16(8-14)11-34-38(20)12-15-3-4-17(25(27,28)29)10-18(15)26(30,31)32/h2-5,8-11,19,33H,6-7,12-13H2,1H3,(H,36,39)/b21-9-. The average Bonchev–Trinajstić information content (AvgIpc) is 3.50. The molecule has 2 aromatic carbocycles. The Balaban J connectivity index is 1.33. The number of carbonyl (C=O) groups is 2. The maximum absolute atomic E-state index is 13.6. The summed E-state index contributed by atoms with van der Waals surface area (Å²) >= 11 is 1.16. The van der Waals surface area contributed by atoms with Gasteiger partial charge in [-0.25, -0.2) is 5.48 Å². The van der Waals surface area contributed by atoms with Crippen molar-refractivity contribution in [2.75, 3.05) is 26.7 Å². The Morgan fingerprint density at radius 3 is 2.67 bits per heavy atom. The number of benzene rings is 2. The third-order valence-corrected chi connectivity index (χ3v) is 7.65. The highest BCUT2D eigenvalue weighted by Crippen LogP contribution is 2.38. The summed E-state index contributed by atoms with van der Waals surface area (Å²) in [5, 5.41) is 8.21. The maximum Gasteiger partial charge on any atom is 0.416 e. The monoisotopic (exact) mass is 612 g/mol. The third-order valence-electron chi connectivity index (χ3n) is 6.60. The van der Waals surface area contributed by atoms with Crippen molar-refractivity contribution >= 4 is 45.7 Å². The van der Waals surface area contributed by atoms with E-state index in [-0.39, 0.29) is 24.1 Å². The molecule has 2 aliphatic rings. The summed E-state index contributed by atoms with van der Waals surface area (Å²) in [5.41, 5.74) is 0.200. The quantitative estimate of drug-likeness (QED) is 0.255. The molecule has 1 atom stereocenters. The van der Waals surface area contributed by atoms with Crippen LogP contribution in [0.4, 0.5) is 26.3 Å². The van der Waals surface area contributed by atoms with Gasteiger partial charge in [-0.15, -0.1) is 0 Å². The van der Waals surface area contributed by atoms with Crippen molar-refractivity contribution in [3.05, 3.63) is 69.8 Å². The zero-order valence-electron chi connectivity index (χ0n) is 21.7. The van der Waals surface area contributed by atoms with Gasteiger partial charge in [-0.05, 0) is 53.2 Å². The lowest BCUT2D eigenvalue weighted by molar-refractivity contribution is -0.143. The van der Waals surface area contributed by atoms with Crippen LogP contribution < -0.4 is 10.8 Å². The van der Waals surface area contributed by atoms with Crippen LogP contribution in [0.1, 0.15) is 22.3 Å². The summed E-state index contributed by atoms with van der Waals surface area (Å²) in [5.74, 6) is -0.807. The van der Waals surface area contributed by atoms with E-state index >= 15 is 0 Å². The first kappa shape index (κ1) is 29.6. The van der Waals surface area contributed by atoms with Crippen LogP contribution in [0.15, 0.2) is 52.5 Å². The number of piperazine rings is 1. The second kappa shape index (κ2) is 11.4. The van der Waals surface area contributed by atoms with Crippen molar-refractivity contribution in [1.82, 2.24) is 25.5 Å². The molecule has 3 heterocycles. The minimum Gasteiger partial charge on any atom is -0.347 e. The molecule has 2 N–H and O–H groups in total. The number of aromatic nitrogens is 2. The first-order valence-electron chi connectivity index (χ1n) is 12.4. The number of thioether (sulfide) groups is 1. The van der Waals surface area contributed by atoms with Gasteiger partial charge in [0.25, 0.3) is 11.8 Å². The van der Waals surface area contributed by atoms with E-state index < -0.39 is 42.0 Å². The minimum atomic E-state index is -4.99. The number of amidine groups is 1. The average molecular weight is 613 g/mol. The molecule has 0 aliphatic carbocycles. The van der Waals surface area contributed by atoms with Gasteiger partial charge in [-0.1, -0.05) is 12.1 Å². The number of hydroxylamine groups is 1. The van der Waals surface area contributed by atoms with Crippen molar-refractivity contribution in [3.8, 4) is 0 Å². The summed E-state index contributed by atoms with van der Waals surface area (Å²) < 4.78 is 81.1. The number of nitrogens with one attached hydrogen (secondary N) is 2. The van der Waals surface area contributed by atoms with Crippen LogP contribution in [0, 0.1) is 0 Å². The van der Waals surface area contributed by atoms with E-state index in [0.717, 1.165) is 17.8 Å². The molecule has 0 saturated carbocycles. The Kier molecular flexibility index (Phi) is 8.04. The topological polar surface area (TPSA) is 101 Å². The summed E-state index contributed by atoms with van der Waals surface area (Å²) in [4.78, 5) is 35.7. The SMILES string of the molecule is CONC(=O)C1CN(C2=NC(=O)/C(=C/c3ccc4c(cnn4Cc4ccc(C(F)(F)F)cc4C(F)(F)F)c3)S2)CCN1. The van der Waals surface area contributed by atoms with Gasteiger partial charge in [-0.2, -0.15) is 36.4 Å². The molecule has 5 rings (SSSR count). The van der Waals surface area contributed by atoms with E-state index in [1.807, 2.05) is 4.90 Å². The lowest BCUT2D eigenvalue weighted by Gasteiger charge is -2.33. The van der Waals surface area contributed by atoms with Crippen LogP contribution in [-0.4, -0.2) is 64.4 Å². The molecule has 2 amide bonds. The Bertz CT molecular complexity index is 1600. The molecule has 3 aromatic rings. The fraction of sp³-hybridized carbons (Fsp3) is 0.308. The number of aliphatic imine (C=N–C) groups is 1. The van der Waals surface area contributed by atoms with Gasteiger partial charge in [0.05, 0.1) is 41.4 Å². The van der Waals surface area contributed by atoms with Crippen LogP contribution in [0.25, 0.3) is 17.0 Å². The van der Waals surface area contributed by atoms with Crippen molar-refractivity contribution in [3.63, 3.8) is 0 Å². The zero-order valence-corrected chi connectivity index (χ0v) is 22.5. The Morgan fingerprint density at radius 2 is 1.95 bits per heavy atom. The van der Waals surface area contributed by atoms with Gasteiger partial charge in [-0.3, -0.25) is 19.1 Å². The van der Waals surface area contributed by atoms with Gasteiger partial charge in [0.1, 0.15) is 6.04 Å². The van der Waals surface area contributed by atoms with E-state index in [9.17, 15) is 35.9 Å². The molecule has 2 aliphatic heterocycles. The highest BCUT2D eigenvalue weighted by atomic mass is 32.2. The highest BCUT2D eigenvalue weighted by Gasteiger charge is 2.38. The highest BCUT2D eigenvalue weighted by molar-refractivity contribution is 8.18. The maximum atomic E-state index is 13.6. The van der Waals surface area contributed by atoms with Gasteiger partial charge >= 0.3 is 12.4 Å². The first-order chi connectivity index (χ1) is 19.8. The van der Waals surface area contributed by atoms with Gasteiger partial charge in [0.2, 0.25) is 0 Å². The normalized spacial score (nSPS) is 19.1. The number of alkyl halides is 6. The van der Waals surface area contributed by atoms with Crippen molar-refractivity contribution < 1.29 is 40.8 Å². The molecule has 0 radical (unpaired) electrons. The zero-order chi connectivity index (χ0) is 30.2. The van der Waals surface area contributed by atoms with Crippen LogP contribution in [0.2, 0.25) is 0 Å². The van der Waals surface area contributed by atoms with E-state index in [0.29, 0.717) is 45.7 Å². The van der Waals surface area contributed by atoms with Crippen molar-refractivity contribution in [2.45, 2.75) is 24.9 Å². The second-order valence-corrected chi connectivity index (χ2v) is 10.4. The van der Waals surface area contributed by atoms with Crippen molar-refractivity contribution in [2.24, 2.45) is 4.99 Å². The number of amides is 2. The second-order valence-electron chi connectivity index (χ2n) is 9.42. The Morgan fingerprint density at radius 1 is 1.17 bits per heavy atom. The van der Waals surface area contributed by atoms with Crippen LogP contribution in [0.5, 0.6) is 0 Å². The fourth-order valence-electron chi connectivity index (χ4n) is 4.59. The Labute approximate surface area is 238 Å². The Hall–Kier alpha value is -3.89. The number of nitrogens with zero attached hydrogens (tertiary/aromatic N) is 4. The molecule has 1 fully saturated rings. The number of hydrogen-bond donors (Lipinski definition) is 2. The largest absolute Gasteiger partial charge is 0.416 e. The van der Waals surface area contributed by atoms with E-state index in [4.69, 9.17) is 0 Å². The van der Waals surface area contributed by atoms with Gasteiger partial charge < -0.3 is 10.2 Å². The molecule has 1 unspecified atom stereocenters. The summed E-state index contributed by atoms with van der Waals surface area (Å²) in [7, 11) is 1.33. The number of carbonyl (C=O) groups excluding carboxylic acids is 2. The molecule has 0 spiro atoms. The summed E-state index contributed by atoms with van der Waals surface area (Å²) in [6.45, 7) is 0.897. The number of fused-ring (bicyclic) bond motifs is 1. The predicted octanol–water partition coefficient (Wildman–Crippen LogP) is 4.04. The number of halogens is 6. The predicted molar refractivity (Wildman–Crippen MR) is 142 cm³/mol. The number of hydrogen-bond acceptors (Lipinski definition) is 7. The molecule has 16 heteroatoms. The third kappa shape index (κ3) is 6.29. The molecule has 42 heavy (non-hydrogen) atoms. The van der Waals surface area contributed by atoms with E-state index in [2.05, 4.69) is 25.7 Å². The lowest BCUT2D eigenvalue weighted by Crippen LogP contribution is -2.57. The molecular weight excluding hydrogens is 590 g/mol. The van der Waals surface area contributed by atoms with Crippen LogP contribution in [0.3, 0.4) is 0 Å². The van der Waals surface area contributed by atoms with E-state index in [1.165, 1.54) is 18.0 Å². The molecule has 9 nitrogen and oxygen atoms in total. The molecule has 0 bridgehead atoms. The molecule has 1 aromatic heterocycles. The van der Waals surface area contributed by atoms with E-state index in [1.54, 1.807) is 24.3 Å². The van der Waals surface area contributed by atoms with Crippen LogP contribution >= 0.6 is 11.8 Å². The molecular formula is C26H22F6N6O3S.